The van der Waals surface area contributed by atoms with E-state index in [4.69, 9.17) is 4.74 Å². The fourth-order valence-corrected chi connectivity index (χ4v) is 3.67. The van der Waals surface area contributed by atoms with Crippen molar-refractivity contribution in [3.63, 3.8) is 0 Å². The number of allylic oxidation sites excluding steroid dienone is 1. The number of phenolic OH excluding ortho intramolecular Hbond substituents is 1. The van der Waals surface area contributed by atoms with Gasteiger partial charge in [-0.25, -0.2) is 9.18 Å². The van der Waals surface area contributed by atoms with Gasteiger partial charge in [-0.3, -0.25) is 4.79 Å². The van der Waals surface area contributed by atoms with Crippen LogP contribution in [0.2, 0.25) is 0 Å². The molecule has 9 heteroatoms. The van der Waals surface area contributed by atoms with E-state index >= 15 is 0 Å². The summed E-state index contributed by atoms with van der Waals surface area (Å²) in [6.45, 7) is 1.61. The van der Waals surface area contributed by atoms with Crippen LogP contribution in [0.4, 0.5) is 14.9 Å². The molecule has 146 valence electrons. The van der Waals surface area contributed by atoms with E-state index in [9.17, 15) is 19.1 Å². The summed E-state index contributed by atoms with van der Waals surface area (Å²) in [5.74, 6) is -0.676. The average molecular weight is 497 g/mol. The number of anilines is 1. The molecule has 1 atom stereocenters. The number of aromatic hydroxyl groups is 1. The summed E-state index contributed by atoms with van der Waals surface area (Å²) in [4.78, 5) is 25.0. The number of urea groups is 1. The Labute approximate surface area is 174 Å². The summed E-state index contributed by atoms with van der Waals surface area (Å²) >= 11 is 1.93. The molecule has 0 fully saturated rings. The van der Waals surface area contributed by atoms with E-state index in [2.05, 4.69) is 16.0 Å². The van der Waals surface area contributed by atoms with Crippen LogP contribution >= 0.6 is 22.6 Å². The Morgan fingerprint density at radius 1 is 1.25 bits per heavy atom. The van der Waals surface area contributed by atoms with Crippen LogP contribution in [0.5, 0.6) is 11.5 Å². The lowest BCUT2D eigenvalue weighted by atomic mass is 9.94. The van der Waals surface area contributed by atoms with Gasteiger partial charge >= 0.3 is 6.03 Å². The summed E-state index contributed by atoms with van der Waals surface area (Å²) < 4.78 is 18.6. The number of phenols is 1. The van der Waals surface area contributed by atoms with Crippen LogP contribution in [-0.4, -0.2) is 24.2 Å². The first-order valence-electron chi connectivity index (χ1n) is 8.22. The van der Waals surface area contributed by atoms with Crippen LogP contribution in [0.1, 0.15) is 18.5 Å². The van der Waals surface area contributed by atoms with Gasteiger partial charge < -0.3 is 25.8 Å². The lowest BCUT2D eigenvalue weighted by Crippen LogP contribution is -2.46. The average Bonchev–Trinajstić information content (AvgIpc) is 2.65. The van der Waals surface area contributed by atoms with Gasteiger partial charge in [-0.2, -0.15) is 0 Å². The van der Waals surface area contributed by atoms with Gasteiger partial charge in [0.25, 0.3) is 5.91 Å². The Bertz CT molecular complexity index is 976. The van der Waals surface area contributed by atoms with Gasteiger partial charge in [0.1, 0.15) is 5.82 Å². The zero-order valence-electron chi connectivity index (χ0n) is 15.0. The third-order valence-corrected chi connectivity index (χ3v) is 5.39. The van der Waals surface area contributed by atoms with Crippen molar-refractivity contribution in [3.05, 3.63) is 62.6 Å². The van der Waals surface area contributed by atoms with Crippen molar-refractivity contribution in [1.82, 2.24) is 10.6 Å². The smallest absolute Gasteiger partial charge is 0.319 e. The first-order valence-corrected chi connectivity index (χ1v) is 9.30. The second-order valence-corrected chi connectivity index (χ2v) is 7.13. The van der Waals surface area contributed by atoms with Crippen LogP contribution in [0.25, 0.3) is 0 Å². The minimum atomic E-state index is -0.794. The molecule has 3 rings (SSSR count). The molecule has 4 N–H and O–H groups in total. The van der Waals surface area contributed by atoms with E-state index in [-0.39, 0.29) is 17.1 Å². The Balaban J connectivity index is 2.00. The van der Waals surface area contributed by atoms with Gasteiger partial charge in [-0.15, -0.1) is 0 Å². The van der Waals surface area contributed by atoms with Gasteiger partial charge in [0, 0.05) is 11.4 Å². The molecule has 3 amide bonds. The van der Waals surface area contributed by atoms with Crippen molar-refractivity contribution in [2.24, 2.45) is 0 Å². The summed E-state index contributed by atoms with van der Waals surface area (Å²) in [6.07, 6.45) is 0. The number of amides is 3. The number of methoxy groups -OCH3 is 1. The highest BCUT2D eigenvalue weighted by Gasteiger charge is 2.33. The minimum Gasteiger partial charge on any atom is -0.504 e. The van der Waals surface area contributed by atoms with E-state index in [1.54, 1.807) is 19.1 Å². The number of carbonyl (C=O) groups is 2. The Hall–Kier alpha value is -2.82. The number of nitrogens with one attached hydrogen (secondary N) is 3. The number of benzene rings is 2. The largest absolute Gasteiger partial charge is 0.504 e. The predicted molar refractivity (Wildman–Crippen MR) is 110 cm³/mol. The second kappa shape index (κ2) is 8.05. The predicted octanol–water partition coefficient (Wildman–Crippen LogP) is 3.41. The summed E-state index contributed by atoms with van der Waals surface area (Å²) in [7, 11) is 1.43. The highest BCUT2D eigenvalue weighted by Crippen LogP contribution is 2.39. The summed E-state index contributed by atoms with van der Waals surface area (Å²) in [5.41, 5.74) is 1.60. The number of halogens is 2. The number of ether oxygens (including phenoxy) is 1. The molecule has 0 bridgehead atoms. The standard InChI is InChI=1S/C19H17FIN3O4/c1-9-14(18(26)23-11-5-3-10(20)4-6-11)16(24-19(27)22-9)12-7-8-13(28-2)17(25)15(12)21/h3-8,16,25H,1-2H3,(H,23,26)(H2,22,24,27). The lowest BCUT2D eigenvalue weighted by molar-refractivity contribution is -0.113. The normalized spacial score (nSPS) is 16.3. The SMILES string of the molecule is COc1ccc(C2NC(=O)NC(C)=C2C(=O)Nc2ccc(F)cc2)c(I)c1O. The highest BCUT2D eigenvalue weighted by atomic mass is 127. The van der Waals surface area contributed by atoms with Crippen molar-refractivity contribution >= 4 is 40.2 Å². The van der Waals surface area contributed by atoms with Gasteiger partial charge in [0.05, 0.1) is 22.3 Å². The van der Waals surface area contributed by atoms with Crippen molar-refractivity contribution in [1.29, 1.82) is 0 Å². The van der Waals surface area contributed by atoms with Crippen molar-refractivity contribution < 1.29 is 23.8 Å². The number of hydrogen-bond donors (Lipinski definition) is 4. The Morgan fingerprint density at radius 3 is 2.57 bits per heavy atom. The van der Waals surface area contributed by atoms with E-state index in [1.165, 1.54) is 31.4 Å². The molecule has 1 aliphatic heterocycles. The van der Waals surface area contributed by atoms with Crippen molar-refractivity contribution in [2.75, 3.05) is 12.4 Å². The van der Waals surface area contributed by atoms with Crippen LogP contribution < -0.4 is 20.7 Å². The Morgan fingerprint density at radius 2 is 1.93 bits per heavy atom. The molecule has 7 nitrogen and oxygen atoms in total. The topological polar surface area (TPSA) is 99.7 Å². The summed E-state index contributed by atoms with van der Waals surface area (Å²) in [5, 5.41) is 18.3. The number of carbonyl (C=O) groups excluding carboxylic acids is 2. The molecule has 28 heavy (non-hydrogen) atoms. The van der Waals surface area contributed by atoms with E-state index in [0.29, 0.717) is 20.5 Å². The van der Waals surface area contributed by atoms with E-state index < -0.39 is 23.8 Å². The third-order valence-electron chi connectivity index (χ3n) is 4.26. The van der Waals surface area contributed by atoms with Gasteiger partial charge in [0.2, 0.25) is 0 Å². The molecule has 2 aromatic carbocycles. The molecule has 0 aliphatic carbocycles. The van der Waals surface area contributed by atoms with Crippen molar-refractivity contribution in [2.45, 2.75) is 13.0 Å². The molecule has 1 unspecified atom stereocenters. The molecule has 2 aromatic rings. The molecule has 0 aromatic heterocycles. The maximum Gasteiger partial charge on any atom is 0.319 e. The fourth-order valence-electron chi connectivity index (χ4n) is 2.91. The molecule has 0 spiro atoms. The first kappa shape index (κ1) is 19.9. The quantitative estimate of drug-likeness (QED) is 0.487. The van der Waals surface area contributed by atoms with Crippen LogP contribution in [-0.2, 0) is 4.79 Å². The highest BCUT2D eigenvalue weighted by molar-refractivity contribution is 14.1. The van der Waals surface area contributed by atoms with Gasteiger partial charge in [-0.05, 0) is 65.4 Å². The van der Waals surface area contributed by atoms with Crippen molar-refractivity contribution in [3.8, 4) is 11.5 Å². The van der Waals surface area contributed by atoms with E-state index in [1.807, 2.05) is 22.6 Å². The first-order chi connectivity index (χ1) is 13.3. The van der Waals surface area contributed by atoms with Gasteiger partial charge in [0.15, 0.2) is 11.5 Å². The third kappa shape index (κ3) is 3.88. The number of hydrogen-bond acceptors (Lipinski definition) is 4. The molecule has 0 radical (unpaired) electrons. The maximum atomic E-state index is 13.1. The number of rotatable bonds is 4. The minimum absolute atomic E-state index is 0.0793. The zero-order valence-corrected chi connectivity index (χ0v) is 17.1. The van der Waals surface area contributed by atoms with Crippen LogP contribution in [0, 0.1) is 9.39 Å². The second-order valence-electron chi connectivity index (χ2n) is 6.05. The Kier molecular flexibility index (Phi) is 5.73. The van der Waals surface area contributed by atoms with Crippen LogP contribution in [0.3, 0.4) is 0 Å². The monoisotopic (exact) mass is 497 g/mol. The molecule has 1 aliphatic rings. The molecular formula is C19H17FIN3O4. The summed E-state index contributed by atoms with van der Waals surface area (Å²) in [6, 6.07) is 7.33. The molecule has 0 saturated heterocycles. The molecule has 1 heterocycles. The van der Waals surface area contributed by atoms with E-state index in [0.717, 1.165) is 0 Å². The zero-order chi connectivity index (χ0) is 20.4. The van der Waals surface area contributed by atoms with Gasteiger partial charge in [-0.1, -0.05) is 6.07 Å². The molecular weight excluding hydrogens is 480 g/mol. The molecule has 0 saturated carbocycles. The van der Waals surface area contributed by atoms with Crippen LogP contribution in [0.15, 0.2) is 47.7 Å². The fraction of sp³-hybridized carbons (Fsp3) is 0.158. The lowest BCUT2D eigenvalue weighted by Gasteiger charge is -2.29. The maximum absolute atomic E-state index is 13.1.